The Labute approximate surface area is 62.8 Å². The van der Waals surface area contributed by atoms with Crippen molar-refractivity contribution in [2.75, 3.05) is 6.26 Å². The van der Waals surface area contributed by atoms with Crippen molar-refractivity contribution in [3.8, 4) is 0 Å². The highest BCUT2D eigenvalue weighted by Gasteiger charge is 1.99. The summed E-state index contributed by atoms with van der Waals surface area (Å²) < 4.78 is 3.82. The number of aromatic nitrogens is 2. The van der Waals surface area contributed by atoms with E-state index in [0.29, 0.717) is 0 Å². The predicted molar refractivity (Wildman–Crippen MR) is 41.9 cm³/mol. The third kappa shape index (κ3) is 1.66. The fourth-order valence-corrected chi connectivity index (χ4v) is 1.64. The number of nitrogens with zero attached hydrogens (tertiary/aromatic N) is 2. The van der Waals surface area contributed by atoms with Gasteiger partial charge >= 0.3 is 0 Å². The van der Waals surface area contributed by atoms with E-state index < -0.39 is 0 Å². The minimum Gasteiger partial charge on any atom is -0.159 e. The first kappa shape index (κ1) is 7.02. The van der Waals surface area contributed by atoms with Crippen LogP contribution in [0.5, 0.6) is 0 Å². The lowest BCUT2D eigenvalue weighted by atomic mass is 10.4. The molecule has 0 spiro atoms. The Hall–Kier alpha value is -0.0900. The molecule has 0 fully saturated rings. The van der Waals surface area contributed by atoms with Crippen LogP contribution in [0.3, 0.4) is 0 Å². The van der Waals surface area contributed by atoms with E-state index in [1.165, 1.54) is 16.4 Å². The Morgan fingerprint density at radius 3 is 2.89 bits per heavy atom. The number of aryl methyl sites for hydroxylation is 1. The molecule has 0 bridgehead atoms. The maximum Gasteiger partial charge on any atom is 0.0883 e. The van der Waals surface area contributed by atoms with Crippen LogP contribution in [0.15, 0.2) is 0 Å². The van der Waals surface area contributed by atoms with Crippen LogP contribution in [0.25, 0.3) is 0 Å². The molecule has 1 heterocycles. The van der Waals surface area contributed by atoms with Gasteiger partial charge < -0.3 is 0 Å². The van der Waals surface area contributed by atoms with Crippen LogP contribution in [0.4, 0.5) is 0 Å². The molecule has 1 rings (SSSR count). The second-order valence-electron chi connectivity index (χ2n) is 1.71. The fourth-order valence-electron chi connectivity index (χ4n) is 0.521. The molecule has 50 valence electrons. The van der Waals surface area contributed by atoms with E-state index in [9.17, 15) is 0 Å². The largest absolute Gasteiger partial charge is 0.159 e. The Morgan fingerprint density at radius 2 is 2.44 bits per heavy atom. The molecule has 0 aromatic carbocycles. The van der Waals surface area contributed by atoms with Gasteiger partial charge in [0.15, 0.2) is 0 Å². The summed E-state index contributed by atoms with van der Waals surface area (Å²) >= 11 is 3.25. The van der Waals surface area contributed by atoms with Gasteiger partial charge in [-0.1, -0.05) is 4.49 Å². The van der Waals surface area contributed by atoms with Gasteiger partial charge in [0.05, 0.1) is 5.69 Å². The monoisotopic (exact) mass is 160 g/mol. The molecule has 0 aliphatic carbocycles. The van der Waals surface area contributed by atoms with Gasteiger partial charge in [0.25, 0.3) is 0 Å². The molecular weight excluding hydrogens is 152 g/mol. The van der Waals surface area contributed by atoms with E-state index in [4.69, 9.17) is 0 Å². The van der Waals surface area contributed by atoms with Gasteiger partial charge in [-0.15, -0.1) is 5.10 Å². The van der Waals surface area contributed by atoms with Crippen molar-refractivity contribution in [1.82, 2.24) is 9.59 Å². The lowest BCUT2D eigenvalue weighted by molar-refractivity contribution is 1.06. The molecule has 0 unspecified atom stereocenters. The zero-order valence-corrected chi connectivity index (χ0v) is 7.05. The third-order valence-electron chi connectivity index (χ3n) is 1.03. The van der Waals surface area contributed by atoms with E-state index in [1.807, 2.05) is 0 Å². The van der Waals surface area contributed by atoms with Crippen molar-refractivity contribution in [3.05, 3.63) is 10.6 Å². The van der Waals surface area contributed by atoms with Gasteiger partial charge in [-0.25, -0.2) is 0 Å². The van der Waals surface area contributed by atoms with Crippen molar-refractivity contribution in [2.45, 2.75) is 12.7 Å². The summed E-state index contributed by atoms with van der Waals surface area (Å²) in [6.07, 6.45) is 2.07. The smallest absolute Gasteiger partial charge is 0.0883 e. The summed E-state index contributed by atoms with van der Waals surface area (Å²) in [6.45, 7) is 2.05. The molecule has 0 saturated heterocycles. The van der Waals surface area contributed by atoms with Gasteiger partial charge in [0.1, 0.15) is 0 Å². The Balaban J connectivity index is 2.69. The van der Waals surface area contributed by atoms with Crippen LogP contribution in [0.1, 0.15) is 10.6 Å². The molecule has 9 heavy (non-hydrogen) atoms. The normalized spacial score (nSPS) is 10.0. The van der Waals surface area contributed by atoms with Crippen LogP contribution in [0.2, 0.25) is 0 Å². The van der Waals surface area contributed by atoms with Gasteiger partial charge in [-0.05, 0) is 24.7 Å². The highest BCUT2D eigenvalue weighted by Crippen LogP contribution is 2.13. The average Bonchev–Trinajstić information content (AvgIpc) is 2.18. The summed E-state index contributed by atoms with van der Waals surface area (Å²) in [5.41, 5.74) is 1.13. The van der Waals surface area contributed by atoms with Crippen molar-refractivity contribution in [3.63, 3.8) is 0 Å². The van der Waals surface area contributed by atoms with Crippen LogP contribution in [-0.2, 0) is 5.75 Å². The molecule has 0 N–H and O–H groups in total. The number of hydrogen-bond acceptors (Lipinski definition) is 4. The highest BCUT2D eigenvalue weighted by atomic mass is 32.2. The molecule has 0 radical (unpaired) electrons. The maximum atomic E-state index is 3.95. The molecule has 0 aliphatic rings. The Kier molecular flexibility index (Phi) is 2.48. The Morgan fingerprint density at radius 1 is 1.67 bits per heavy atom. The summed E-state index contributed by atoms with van der Waals surface area (Å²) in [6, 6.07) is 0. The average molecular weight is 160 g/mol. The molecule has 0 aliphatic heterocycles. The minimum absolute atomic E-state index is 0.988. The molecule has 0 saturated carbocycles. The third-order valence-corrected chi connectivity index (χ3v) is 2.26. The lowest BCUT2D eigenvalue weighted by Gasteiger charge is -1.88. The van der Waals surface area contributed by atoms with Crippen molar-refractivity contribution in [2.24, 2.45) is 0 Å². The first-order valence-corrected chi connectivity index (χ1v) is 4.78. The topological polar surface area (TPSA) is 25.8 Å². The molecule has 2 nitrogen and oxygen atoms in total. The van der Waals surface area contributed by atoms with Gasteiger partial charge in [-0.3, -0.25) is 0 Å². The highest BCUT2D eigenvalue weighted by molar-refractivity contribution is 7.97. The fraction of sp³-hybridized carbons (Fsp3) is 0.600. The van der Waals surface area contributed by atoms with Crippen LogP contribution < -0.4 is 0 Å². The second-order valence-corrected chi connectivity index (χ2v) is 3.53. The SMILES string of the molecule is CSCc1nnsc1C. The minimum atomic E-state index is 0.988. The van der Waals surface area contributed by atoms with Crippen molar-refractivity contribution >= 4 is 23.3 Å². The second kappa shape index (κ2) is 3.17. The molecule has 0 amide bonds. The first-order chi connectivity index (χ1) is 4.34. The number of hydrogen-bond donors (Lipinski definition) is 0. The van der Waals surface area contributed by atoms with E-state index in [-0.39, 0.29) is 0 Å². The maximum absolute atomic E-state index is 3.95. The summed E-state index contributed by atoms with van der Waals surface area (Å²) in [7, 11) is 0. The van der Waals surface area contributed by atoms with E-state index in [1.54, 1.807) is 11.8 Å². The number of rotatable bonds is 2. The van der Waals surface area contributed by atoms with Gasteiger partial charge in [0.2, 0.25) is 0 Å². The summed E-state index contributed by atoms with van der Waals surface area (Å²) in [5.74, 6) is 0.988. The predicted octanol–water partition coefficient (Wildman–Crippen LogP) is 1.71. The quantitative estimate of drug-likeness (QED) is 0.658. The van der Waals surface area contributed by atoms with Crippen LogP contribution in [-0.4, -0.2) is 15.8 Å². The number of thioether (sulfide) groups is 1. The molecular formula is C5H8N2S2. The molecule has 4 heteroatoms. The zero-order valence-electron chi connectivity index (χ0n) is 5.42. The molecule has 0 atom stereocenters. The zero-order chi connectivity index (χ0) is 6.69. The van der Waals surface area contributed by atoms with Crippen molar-refractivity contribution in [1.29, 1.82) is 0 Å². The molecule has 1 aromatic rings. The van der Waals surface area contributed by atoms with E-state index >= 15 is 0 Å². The van der Waals surface area contributed by atoms with Gasteiger partial charge in [-0.2, -0.15) is 11.8 Å². The van der Waals surface area contributed by atoms with Crippen LogP contribution in [0, 0.1) is 6.92 Å². The van der Waals surface area contributed by atoms with E-state index in [0.717, 1.165) is 11.4 Å². The van der Waals surface area contributed by atoms with Gasteiger partial charge in [0, 0.05) is 10.6 Å². The first-order valence-electron chi connectivity index (χ1n) is 2.61. The molecule has 1 aromatic heterocycles. The standard InChI is InChI=1S/C5H8N2S2/c1-4-5(3-8-2)6-7-9-4/h3H2,1-2H3. The summed E-state index contributed by atoms with van der Waals surface area (Å²) in [4.78, 5) is 1.24. The van der Waals surface area contributed by atoms with E-state index in [2.05, 4.69) is 22.8 Å². The van der Waals surface area contributed by atoms with Crippen LogP contribution >= 0.6 is 23.3 Å². The lowest BCUT2D eigenvalue weighted by Crippen LogP contribution is -1.81. The summed E-state index contributed by atoms with van der Waals surface area (Å²) in [5, 5.41) is 3.95. The Bertz CT molecular complexity index is 185. The van der Waals surface area contributed by atoms with Crippen molar-refractivity contribution < 1.29 is 0 Å².